The van der Waals surface area contributed by atoms with Gasteiger partial charge >= 0.3 is 0 Å². The van der Waals surface area contributed by atoms with Crippen LogP contribution in [0.4, 0.5) is 0 Å². The van der Waals surface area contributed by atoms with Gasteiger partial charge in [-0.3, -0.25) is 4.90 Å². The van der Waals surface area contributed by atoms with Gasteiger partial charge in [-0.2, -0.15) is 0 Å². The highest BCUT2D eigenvalue weighted by molar-refractivity contribution is 5.53. The number of aryl methyl sites for hydroxylation is 1. The molecule has 24 heavy (non-hydrogen) atoms. The minimum absolute atomic E-state index is 0.181. The first-order valence-corrected chi connectivity index (χ1v) is 8.07. The Morgan fingerprint density at radius 1 is 1.12 bits per heavy atom. The molecule has 0 fully saturated rings. The van der Waals surface area contributed by atoms with E-state index in [0.29, 0.717) is 12.4 Å². The van der Waals surface area contributed by atoms with E-state index in [2.05, 4.69) is 15.2 Å². The molecule has 0 saturated carbocycles. The van der Waals surface area contributed by atoms with Gasteiger partial charge in [0.15, 0.2) is 0 Å². The van der Waals surface area contributed by atoms with Gasteiger partial charge in [0.25, 0.3) is 0 Å². The molecule has 0 amide bonds. The molecular weight excluding hydrogens is 302 g/mol. The number of benzene rings is 1. The van der Waals surface area contributed by atoms with E-state index in [1.165, 1.54) is 0 Å². The average Bonchev–Trinajstić information content (AvgIpc) is 3.22. The van der Waals surface area contributed by atoms with Crippen molar-refractivity contribution in [1.29, 1.82) is 0 Å². The second kappa shape index (κ2) is 7.47. The third kappa shape index (κ3) is 3.75. The summed E-state index contributed by atoms with van der Waals surface area (Å²) in [5, 5.41) is 3.45. The van der Waals surface area contributed by atoms with Crippen molar-refractivity contribution < 1.29 is 8.83 Å². The van der Waals surface area contributed by atoms with Crippen molar-refractivity contribution in [3.8, 4) is 11.5 Å². The highest BCUT2D eigenvalue weighted by Crippen LogP contribution is 2.22. The van der Waals surface area contributed by atoms with Crippen LogP contribution in [-0.2, 0) is 6.54 Å². The summed E-state index contributed by atoms with van der Waals surface area (Å²) < 4.78 is 11.3. The maximum absolute atomic E-state index is 5.80. The molecular formula is C19H23N3O2. The van der Waals surface area contributed by atoms with Gasteiger partial charge in [-0.25, -0.2) is 4.98 Å². The molecule has 1 atom stereocenters. The van der Waals surface area contributed by atoms with Crippen molar-refractivity contribution in [1.82, 2.24) is 15.2 Å². The third-order valence-electron chi connectivity index (χ3n) is 4.04. The quantitative estimate of drug-likeness (QED) is 0.719. The van der Waals surface area contributed by atoms with Crippen molar-refractivity contribution in [2.24, 2.45) is 0 Å². The Morgan fingerprint density at radius 3 is 2.58 bits per heavy atom. The summed E-state index contributed by atoms with van der Waals surface area (Å²) >= 11 is 0. The Hall–Kier alpha value is -2.37. The van der Waals surface area contributed by atoms with E-state index >= 15 is 0 Å². The normalized spacial score (nSPS) is 12.7. The van der Waals surface area contributed by atoms with E-state index in [1.54, 1.807) is 6.26 Å². The molecule has 0 radical (unpaired) electrons. The van der Waals surface area contributed by atoms with Gasteiger partial charge in [0.05, 0.1) is 18.0 Å². The first-order valence-electron chi connectivity index (χ1n) is 8.07. The van der Waals surface area contributed by atoms with Gasteiger partial charge < -0.3 is 14.2 Å². The Morgan fingerprint density at radius 2 is 1.92 bits per heavy atom. The summed E-state index contributed by atoms with van der Waals surface area (Å²) in [6.45, 7) is 3.38. The number of nitrogens with zero attached hydrogens (tertiary/aromatic N) is 2. The van der Waals surface area contributed by atoms with Crippen LogP contribution in [0.1, 0.15) is 23.3 Å². The summed E-state index contributed by atoms with van der Waals surface area (Å²) in [6.07, 6.45) is 1.71. The molecule has 2 heterocycles. The predicted octanol–water partition coefficient (Wildman–Crippen LogP) is 3.64. The van der Waals surface area contributed by atoms with Gasteiger partial charge in [0, 0.05) is 18.7 Å². The zero-order chi connectivity index (χ0) is 16.9. The lowest BCUT2D eigenvalue weighted by molar-refractivity contribution is 0.250. The molecule has 0 bridgehead atoms. The van der Waals surface area contributed by atoms with Crippen LogP contribution < -0.4 is 5.32 Å². The van der Waals surface area contributed by atoms with Crippen LogP contribution in [0.5, 0.6) is 0 Å². The Labute approximate surface area is 142 Å². The van der Waals surface area contributed by atoms with E-state index in [0.717, 1.165) is 29.3 Å². The lowest BCUT2D eigenvalue weighted by Crippen LogP contribution is -2.30. The van der Waals surface area contributed by atoms with E-state index < -0.39 is 0 Å². The topological polar surface area (TPSA) is 54.4 Å². The van der Waals surface area contributed by atoms with E-state index in [-0.39, 0.29) is 6.04 Å². The fourth-order valence-electron chi connectivity index (χ4n) is 2.64. The molecule has 3 aromatic rings. The second-order valence-electron chi connectivity index (χ2n) is 6.01. The molecule has 1 aromatic carbocycles. The summed E-state index contributed by atoms with van der Waals surface area (Å²) in [5.41, 5.74) is 1.93. The summed E-state index contributed by atoms with van der Waals surface area (Å²) in [6, 6.07) is 14.1. The molecule has 0 aliphatic carbocycles. The van der Waals surface area contributed by atoms with Gasteiger partial charge in [0.1, 0.15) is 11.5 Å². The van der Waals surface area contributed by atoms with Crippen molar-refractivity contribution in [3.05, 3.63) is 65.9 Å². The highest BCUT2D eigenvalue weighted by atomic mass is 16.4. The van der Waals surface area contributed by atoms with E-state index in [1.807, 2.05) is 63.5 Å². The minimum atomic E-state index is 0.181. The average molecular weight is 325 g/mol. The lowest BCUT2D eigenvalue weighted by atomic mass is 10.2. The van der Waals surface area contributed by atoms with Crippen LogP contribution in [0.2, 0.25) is 0 Å². The van der Waals surface area contributed by atoms with Crippen molar-refractivity contribution in [3.63, 3.8) is 0 Å². The smallest absolute Gasteiger partial charge is 0.226 e. The number of likely N-dealkylation sites (N-methyl/N-ethyl adjacent to an activating group) is 1. The zero-order valence-electron chi connectivity index (χ0n) is 14.3. The summed E-state index contributed by atoms with van der Waals surface area (Å²) in [5.74, 6) is 2.47. The largest absolute Gasteiger partial charge is 0.468 e. The summed E-state index contributed by atoms with van der Waals surface area (Å²) in [4.78, 5) is 6.75. The van der Waals surface area contributed by atoms with Crippen LogP contribution in [-0.4, -0.2) is 30.5 Å². The maximum atomic E-state index is 5.80. The minimum Gasteiger partial charge on any atom is -0.468 e. The van der Waals surface area contributed by atoms with Gasteiger partial charge in [-0.05, 0) is 45.3 Å². The third-order valence-corrected chi connectivity index (χ3v) is 4.04. The van der Waals surface area contributed by atoms with Gasteiger partial charge in [-0.15, -0.1) is 0 Å². The summed E-state index contributed by atoms with van der Waals surface area (Å²) in [7, 11) is 4.09. The van der Waals surface area contributed by atoms with E-state index in [9.17, 15) is 0 Å². The van der Waals surface area contributed by atoms with Crippen LogP contribution in [0.3, 0.4) is 0 Å². The first kappa shape index (κ1) is 16.5. The number of aromatic nitrogens is 1. The molecule has 126 valence electrons. The van der Waals surface area contributed by atoms with Crippen molar-refractivity contribution >= 4 is 0 Å². The number of hydrogen-bond donors (Lipinski definition) is 1. The van der Waals surface area contributed by atoms with Gasteiger partial charge in [-0.1, -0.05) is 18.2 Å². The number of hydrogen-bond acceptors (Lipinski definition) is 5. The lowest BCUT2D eigenvalue weighted by Gasteiger charge is -2.22. The van der Waals surface area contributed by atoms with Crippen LogP contribution in [0.15, 0.2) is 57.6 Å². The van der Waals surface area contributed by atoms with Crippen LogP contribution in [0.25, 0.3) is 11.5 Å². The van der Waals surface area contributed by atoms with E-state index in [4.69, 9.17) is 8.83 Å². The molecule has 1 N–H and O–H groups in total. The molecule has 0 aliphatic rings. The zero-order valence-corrected chi connectivity index (χ0v) is 14.3. The molecule has 0 aliphatic heterocycles. The molecule has 0 saturated heterocycles. The molecule has 0 spiro atoms. The highest BCUT2D eigenvalue weighted by Gasteiger charge is 2.17. The maximum Gasteiger partial charge on any atom is 0.226 e. The van der Waals surface area contributed by atoms with Crippen molar-refractivity contribution in [2.75, 3.05) is 20.6 Å². The Balaban J connectivity index is 1.64. The van der Waals surface area contributed by atoms with Crippen LogP contribution in [0, 0.1) is 6.92 Å². The number of oxazole rings is 1. The fraction of sp³-hybridized carbons (Fsp3) is 0.316. The number of furan rings is 1. The second-order valence-corrected chi connectivity index (χ2v) is 6.01. The predicted molar refractivity (Wildman–Crippen MR) is 93.5 cm³/mol. The monoisotopic (exact) mass is 325 g/mol. The Kier molecular flexibility index (Phi) is 5.13. The SMILES string of the molecule is Cc1oc(-c2ccccc2)nc1CNCC(c1ccco1)N(C)C. The molecule has 5 nitrogen and oxygen atoms in total. The molecule has 1 unspecified atom stereocenters. The standard InChI is InChI=1S/C19H23N3O2/c1-14-16(21-19(24-14)15-8-5-4-6-9-15)12-20-13-17(22(2)3)18-10-7-11-23-18/h4-11,17,20H,12-13H2,1-3H3. The van der Waals surface area contributed by atoms with Gasteiger partial charge in [0.2, 0.25) is 5.89 Å². The molecule has 3 rings (SSSR count). The number of rotatable bonds is 7. The molecule has 5 heteroatoms. The fourth-order valence-corrected chi connectivity index (χ4v) is 2.64. The van der Waals surface area contributed by atoms with Crippen molar-refractivity contribution in [2.45, 2.75) is 19.5 Å². The van der Waals surface area contributed by atoms with Crippen LogP contribution >= 0.6 is 0 Å². The molecule has 2 aromatic heterocycles. The first-order chi connectivity index (χ1) is 11.6. The Bertz CT molecular complexity index is 748. The number of nitrogens with one attached hydrogen (secondary N) is 1.